The molecule has 144 valence electrons. The molecule has 0 N–H and O–H groups in total. The van der Waals surface area contributed by atoms with E-state index in [4.69, 9.17) is 9.47 Å². The highest BCUT2D eigenvalue weighted by Crippen LogP contribution is 2.36. The largest absolute Gasteiger partial charge is 0.382 e. The number of carbonyl (C=O) groups is 1. The minimum atomic E-state index is -0.500. The molecule has 0 aliphatic carbocycles. The molecule has 0 fully saturated rings. The Morgan fingerprint density at radius 3 is 2.17 bits per heavy atom. The lowest BCUT2D eigenvalue weighted by Crippen LogP contribution is -2.50. The van der Waals surface area contributed by atoms with Crippen LogP contribution in [0, 0.1) is 5.41 Å². The second-order valence-electron chi connectivity index (χ2n) is 8.72. The topological polar surface area (TPSA) is 38.8 Å². The molecule has 0 saturated carbocycles. The van der Waals surface area contributed by atoms with Gasteiger partial charge in [0.05, 0.1) is 46.7 Å². The zero-order valence-corrected chi connectivity index (χ0v) is 19.3. The number of ether oxygens (including phenoxy) is 2. The summed E-state index contributed by atoms with van der Waals surface area (Å²) in [5.41, 5.74) is -1.18. The predicted octanol–water partition coefficient (Wildman–Crippen LogP) is 5.38. The molecule has 5 heteroatoms. The molecule has 0 heterocycles. The van der Waals surface area contributed by atoms with Gasteiger partial charge in [0.1, 0.15) is 0 Å². The number of halogens is 1. The molecule has 0 spiro atoms. The smallest absolute Gasteiger partial charge is 0.237 e. The van der Waals surface area contributed by atoms with Crippen molar-refractivity contribution in [2.24, 2.45) is 5.41 Å². The van der Waals surface area contributed by atoms with E-state index in [-0.39, 0.29) is 23.2 Å². The second-order valence-corrected chi connectivity index (χ2v) is 9.69. The van der Waals surface area contributed by atoms with E-state index < -0.39 is 5.41 Å². The number of nitrogens with zero attached hydrogens (tertiary/aromatic N) is 1. The summed E-state index contributed by atoms with van der Waals surface area (Å²) in [6.45, 7) is 17.0. The lowest BCUT2D eigenvalue weighted by atomic mass is 9.80. The molecule has 0 aliphatic heterocycles. The van der Waals surface area contributed by atoms with Gasteiger partial charge in [0, 0.05) is 12.5 Å². The number of hydrogen-bond donors (Lipinski definition) is 0. The molecular formula is C19H38INO3. The van der Waals surface area contributed by atoms with E-state index in [9.17, 15) is 4.79 Å². The van der Waals surface area contributed by atoms with Crippen LogP contribution in [0.3, 0.4) is 0 Å². The summed E-state index contributed by atoms with van der Waals surface area (Å²) in [6, 6.07) is 0. The van der Waals surface area contributed by atoms with Gasteiger partial charge in [-0.3, -0.25) is 7.91 Å². The Bertz CT molecular complexity index is 394. The Labute approximate surface area is 163 Å². The Morgan fingerprint density at radius 1 is 1.17 bits per heavy atom. The standard InChI is InChI=1S/C19H38INO3/c1-10-11-12-15(2)24-19(7,8)13-17(3,4)16(22)21(20)18(5,6)14-23-9/h15H,10-14H2,1-9H3. The number of rotatable bonds is 11. The number of carbonyl (C=O) groups excluding carboxylic acids is 1. The first-order valence-electron chi connectivity index (χ1n) is 8.96. The minimum Gasteiger partial charge on any atom is -0.382 e. The molecule has 24 heavy (non-hydrogen) atoms. The monoisotopic (exact) mass is 455 g/mol. The summed E-state index contributed by atoms with van der Waals surface area (Å²) in [7, 11) is 1.66. The highest BCUT2D eigenvalue weighted by atomic mass is 127. The van der Waals surface area contributed by atoms with Crippen LogP contribution in [0.25, 0.3) is 0 Å². The molecule has 1 atom stereocenters. The maximum absolute atomic E-state index is 13.0. The molecule has 0 aromatic heterocycles. The molecule has 0 bridgehead atoms. The van der Waals surface area contributed by atoms with E-state index in [0.717, 1.165) is 6.42 Å². The molecule has 0 rings (SSSR count). The lowest BCUT2D eigenvalue weighted by Gasteiger charge is -2.41. The number of amides is 1. The fraction of sp³-hybridized carbons (Fsp3) is 0.947. The van der Waals surface area contributed by atoms with E-state index in [2.05, 4.69) is 50.6 Å². The van der Waals surface area contributed by atoms with Gasteiger partial charge < -0.3 is 9.47 Å². The van der Waals surface area contributed by atoms with Gasteiger partial charge in [-0.15, -0.1) is 0 Å². The van der Waals surface area contributed by atoms with Crippen molar-refractivity contribution in [2.45, 2.75) is 98.3 Å². The van der Waals surface area contributed by atoms with Gasteiger partial charge >= 0.3 is 0 Å². The van der Waals surface area contributed by atoms with Crippen molar-refractivity contribution < 1.29 is 14.3 Å². The highest BCUT2D eigenvalue weighted by molar-refractivity contribution is 14.1. The Morgan fingerprint density at radius 2 is 1.71 bits per heavy atom. The van der Waals surface area contributed by atoms with Crippen molar-refractivity contribution in [3.8, 4) is 0 Å². The zero-order chi connectivity index (χ0) is 19.2. The molecule has 0 saturated heterocycles. The van der Waals surface area contributed by atoms with Crippen LogP contribution in [-0.2, 0) is 14.3 Å². The summed E-state index contributed by atoms with van der Waals surface area (Å²) < 4.78 is 13.3. The normalized spacial score (nSPS) is 14.6. The third-order valence-electron chi connectivity index (χ3n) is 4.14. The van der Waals surface area contributed by atoms with Crippen molar-refractivity contribution in [3.05, 3.63) is 0 Å². The van der Waals surface area contributed by atoms with Crippen molar-refractivity contribution in [2.75, 3.05) is 13.7 Å². The first-order chi connectivity index (χ1) is 10.8. The third kappa shape index (κ3) is 8.00. The molecule has 0 radical (unpaired) electrons. The van der Waals surface area contributed by atoms with E-state index in [1.165, 1.54) is 12.8 Å². The Balaban J connectivity index is 4.94. The maximum atomic E-state index is 13.0. The van der Waals surface area contributed by atoms with Crippen LogP contribution in [0.5, 0.6) is 0 Å². The van der Waals surface area contributed by atoms with Gasteiger partial charge in [0.2, 0.25) is 5.91 Å². The van der Waals surface area contributed by atoms with E-state index in [1.54, 1.807) is 10.2 Å². The Kier molecular flexibility index (Phi) is 9.77. The molecule has 1 unspecified atom stereocenters. The minimum absolute atomic E-state index is 0.114. The molecule has 0 aromatic rings. The predicted molar refractivity (Wildman–Crippen MR) is 109 cm³/mol. The first-order valence-corrected chi connectivity index (χ1v) is 9.93. The number of methoxy groups -OCH3 is 1. The van der Waals surface area contributed by atoms with Gasteiger partial charge in [0.25, 0.3) is 0 Å². The van der Waals surface area contributed by atoms with Crippen LogP contribution in [0.4, 0.5) is 0 Å². The van der Waals surface area contributed by atoms with Gasteiger partial charge in [-0.25, -0.2) is 0 Å². The lowest BCUT2D eigenvalue weighted by molar-refractivity contribution is -0.145. The van der Waals surface area contributed by atoms with Gasteiger partial charge in [-0.1, -0.05) is 33.6 Å². The van der Waals surface area contributed by atoms with E-state index in [0.29, 0.717) is 13.0 Å². The highest BCUT2D eigenvalue weighted by Gasteiger charge is 2.42. The third-order valence-corrected chi connectivity index (χ3v) is 5.88. The molecular weight excluding hydrogens is 417 g/mol. The van der Waals surface area contributed by atoms with Crippen molar-refractivity contribution >= 4 is 28.8 Å². The SMILES string of the molecule is CCCCC(C)OC(C)(C)CC(C)(C)C(=O)N(I)C(C)(C)COC. The van der Waals surface area contributed by atoms with Gasteiger partial charge in [-0.2, -0.15) is 0 Å². The van der Waals surface area contributed by atoms with Gasteiger partial charge in [-0.05, 0) is 47.5 Å². The molecule has 0 aliphatic rings. The fourth-order valence-electron chi connectivity index (χ4n) is 3.23. The van der Waals surface area contributed by atoms with Crippen molar-refractivity contribution in [3.63, 3.8) is 0 Å². The van der Waals surface area contributed by atoms with Crippen LogP contribution in [0.2, 0.25) is 0 Å². The van der Waals surface area contributed by atoms with E-state index >= 15 is 0 Å². The van der Waals surface area contributed by atoms with Crippen LogP contribution < -0.4 is 0 Å². The van der Waals surface area contributed by atoms with Crippen LogP contribution >= 0.6 is 22.9 Å². The molecule has 4 nitrogen and oxygen atoms in total. The molecule has 0 aromatic carbocycles. The molecule has 1 amide bonds. The zero-order valence-electron chi connectivity index (χ0n) is 17.2. The first kappa shape index (κ1) is 24.1. The fourth-order valence-corrected chi connectivity index (χ4v) is 4.02. The number of hydrogen-bond acceptors (Lipinski definition) is 3. The van der Waals surface area contributed by atoms with Crippen molar-refractivity contribution in [1.82, 2.24) is 3.11 Å². The van der Waals surface area contributed by atoms with Crippen molar-refractivity contribution in [1.29, 1.82) is 0 Å². The summed E-state index contributed by atoms with van der Waals surface area (Å²) in [5.74, 6) is 0.114. The summed E-state index contributed by atoms with van der Waals surface area (Å²) in [4.78, 5) is 13.0. The van der Waals surface area contributed by atoms with Gasteiger partial charge in [0.15, 0.2) is 0 Å². The van der Waals surface area contributed by atoms with E-state index in [1.807, 2.05) is 27.7 Å². The summed E-state index contributed by atoms with van der Waals surface area (Å²) >= 11 is 2.12. The van der Waals surface area contributed by atoms with Crippen LogP contribution in [0.1, 0.15) is 81.1 Å². The maximum Gasteiger partial charge on any atom is 0.237 e. The average Bonchev–Trinajstić information content (AvgIpc) is 2.41. The summed E-state index contributed by atoms with van der Waals surface area (Å²) in [5, 5.41) is 0. The van der Waals surface area contributed by atoms with Crippen LogP contribution in [0.15, 0.2) is 0 Å². The number of unbranched alkanes of at least 4 members (excludes halogenated alkanes) is 1. The average molecular weight is 455 g/mol. The quantitative estimate of drug-likeness (QED) is 0.310. The second kappa shape index (κ2) is 9.72. The summed E-state index contributed by atoms with van der Waals surface area (Å²) in [6.07, 6.45) is 4.31. The van der Waals surface area contributed by atoms with Crippen LogP contribution in [-0.4, -0.2) is 40.0 Å². The Hall–Kier alpha value is 0.120.